The maximum atomic E-state index is 12.7. The third-order valence-electron chi connectivity index (χ3n) is 4.48. The largest absolute Gasteiger partial charge is 0.384 e. The molecule has 26 heavy (non-hydrogen) atoms. The van der Waals surface area contributed by atoms with E-state index in [-0.39, 0.29) is 23.2 Å². The zero-order valence-electron chi connectivity index (χ0n) is 15.2. The summed E-state index contributed by atoms with van der Waals surface area (Å²) in [5, 5.41) is 6.22. The normalized spacial score (nSPS) is 16.5. The molecule has 1 heterocycles. The van der Waals surface area contributed by atoms with Crippen molar-refractivity contribution in [2.24, 2.45) is 5.41 Å². The van der Waals surface area contributed by atoms with E-state index in [1.165, 1.54) is 0 Å². The van der Waals surface area contributed by atoms with Crippen LogP contribution in [0.5, 0.6) is 0 Å². The topological polar surface area (TPSA) is 96.5 Å². The molecule has 0 aromatic heterocycles. The summed E-state index contributed by atoms with van der Waals surface area (Å²) in [5.74, 6) is -0.0137. The van der Waals surface area contributed by atoms with Crippen LogP contribution in [0.2, 0.25) is 0 Å². The Hall–Kier alpha value is -1.19. The summed E-state index contributed by atoms with van der Waals surface area (Å²) in [6.45, 7) is 4.44. The molecule has 1 amide bonds. The highest BCUT2D eigenvalue weighted by Gasteiger charge is 2.39. The van der Waals surface area contributed by atoms with Crippen molar-refractivity contribution in [3.05, 3.63) is 29.8 Å². The van der Waals surface area contributed by atoms with E-state index in [4.69, 9.17) is 4.74 Å². The molecule has 1 aliphatic rings. The molecule has 0 atom stereocenters. The lowest BCUT2D eigenvalue weighted by Gasteiger charge is -2.35. The van der Waals surface area contributed by atoms with Crippen molar-refractivity contribution in [2.45, 2.75) is 31.2 Å². The molecule has 7 nitrogen and oxygen atoms in total. The smallest absolute Gasteiger partial charge is 0.240 e. The lowest BCUT2D eigenvalue weighted by atomic mass is 9.78. The quantitative estimate of drug-likeness (QED) is 0.600. The lowest BCUT2D eigenvalue weighted by molar-refractivity contribution is -0.136. The molecule has 2 rings (SSSR count). The average molecular weight is 406 g/mol. The van der Waals surface area contributed by atoms with Crippen LogP contribution in [0.4, 0.5) is 0 Å². The number of ether oxygens (including phenoxy) is 1. The number of rotatable bonds is 8. The summed E-state index contributed by atoms with van der Waals surface area (Å²) in [4.78, 5) is 12.9. The van der Waals surface area contributed by atoms with Crippen LogP contribution in [-0.2, 0) is 26.1 Å². The predicted molar refractivity (Wildman–Crippen MR) is 103 cm³/mol. The Bertz CT molecular complexity index is 668. The van der Waals surface area contributed by atoms with Crippen molar-refractivity contribution in [3.63, 3.8) is 0 Å². The van der Waals surface area contributed by atoms with Crippen molar-refractivity contribution in [1.82, 2.24) is 15.4 Å². The number of methoxy groups -OCH3 is 1. The van der Waals surface area contributed by atoms with Crippen molar-refractivity contribution in [3.8, 4) is 0 Å². The fourth-order valence-corrected chi connectivity index (χ4v) is 4.09. The van der Waals surface area contributed by atoms with Crippen LogP contribution in [0, 0.1) is 5.41 Å². The molecule has 0 radical (unpaired) electrons. The molecule has 0 bridgehead atoms. The Morgan fingerprint density at radius 3 is 2.38 bits per heavy atom. The van der Waals surface area contributed by atoms with E-state index in [0.717, 1.165) is 31.5 Å². The van der Waals surface area contributed by atoms with E-state index < -0.39 is 15.4 Å². The summed E-state index contributed by atoms with van der Waals surface area (Å²) in [6.07, 6.45) is 1.49. The molecule has 0 spiro atoms. The fraction of sp³-hybridized carbons (Fsp3) is 0.588. The van der Waals surface area contributed by atoms with Gasteiger partial charge in [-0.25, -0.2) is 13.1 Å². The summed E-state index contributed by atoms with van der Waals surface area (Å²) in [6, 6.07) is 6.54. The second-order valence-corrected chi connectivity index (χ2v) is 8.06. The number of benzene rings is 1. The van der Waals surface area contributed by atoms with Crippen molar-refractivity contribution < 1.29 is 17.9 Å². The van der Waals surface area contributed by atoms with Crippen molar-refractivity contribution in [2.75, 3.05) is 33.4 Å². The van der Waals surface area contributed by atoms with E-state index in [2.05, 4.69) is 15.4 Å². The summed E-state index contributed by atoms with van der Waals surface area (Å²) >= 11 is 0. The number of hydrogen-bond acceptors (Lipinski definition) is 5. The Kier molecular flexibility index (Phi) is 8.99. The molecule has 1 aromatic carbocycles. The van der Waals surface area contributed by atoms with Crippen LogP contribution >= 0.6 is 12.4 Å². The monoisotopic (exact) mass is 405 g/mol. The summed E-state index contributed by atoms with van der Waals surface area (Å²) in [7, 11) is -1.84. The Morgan fingerprint density at radius 1 is 1.23 bits per heavy atom. The Labute approximate surface area is 161 Å². The van der Waals surface area contributed by atoms with Gasteiger partial charge in [0.05, 0.1) is 16.9 Å². The Morgan fingerprint density at radius 2 is 1.85 bits per heavy atom. The van der Waals surface area contributed by atoms with Gasteiger partial charge in [0, 0.05) is 20.2 Å². The minimum Gasteiger partial charge on any atom is -0.384 e. The zero-order chi connectivity index (χ0) is 18.3. The van der Waals surface area contributed by atoms with E-state index >= 15 is 0 Å². The van der Waals surface area contributed by atoms with Gasteiger partial charge in [0.15, 0.2) is 0 Å². The molecule has 1 saturated heterocycles. The van der Waals surface area contributed by atoms with Crippen LogP contribution in [0.25, 0.3) is 0 Å². The summed E-state index contributed by atoms with van der Waals surface area (Å²) in [5.41, 5.74) is 0.360. The Balaban J connectivity index is 0.00000338. The highest BCUT2D eigenvalue weighted by atomic mass is 35.5. The molecule has 0 aliphatic carbocycles. The van der Waals surface area contributed by atoms with Gasteiger partial charge in [-0.1, -0.05) is 19.1 Å². The SMILES string of the molecule is CCNS(=O)(=O)c1ccc(CNC(=O)C2(COC)CCNCC2)cc1.Cl. The van der Waals surface area contributed by atoms with E-state index in [9.17, 15) is 13.2 Å². The standard InChI is InChI=1S/C17H27N3O4S.ClH/c1-3-20-25(22,23)15-6-4-14(5-7-15)12-19-16(21)17(13-24-2)8-10-18-11-9-17;/h4-7,18,20H,3,8-13H2,1-2H3,(H,19,21);1H. The lowest BCUT2D eigenvalue weighted by Crippen LogP contribution is -2.49. The minimum absolute atomic E-state index is 0. The third kappa shape index (κ3) is 5.65. The number of amides is 1. The van der Waals surface area contributed by atoms with Crippen molar-refractivity contribution >= 4 is 28.3 Å². The first-order valence-corrected chi connectivity index (χ1v) is 9.98. The molecule has 3 N–H and O–H groups in total. The fourth-order valence-electron chi connectivity index (χ4n) is 3.05. The van der Waals surface area contributed by atoms with Gasteiger partial charge in [-0.3, -0.25) is 4.79 Å². The van der Waals surface area contributed by atoms with Crippen LogP contribution in [0.1, 0.15) is 25.3 Å². The molecule has 0 unspecified atom stereocenters. The molecular formula is C17H28ClN3O4S. The zero-order valence-corrected chi connectivity index (χ0v) is 16.8. The number of carbonyl (C=O) groups excluding carboxylic acids is 1. The van der Waals surface area contributed by atoms with Crippen molar-refractivity contribution in [1.29, 1.82) is 0 Å². The molecule has 148 valence electrons. The molecule has 1 aliphatic heterocycles. The van der Waals surface area contributed by atoms with E-state index in [1.54, 1.807) is 38.3 Å². The van der Waals surface area contributed by atoms with Gasteiger partial charge in [-0.05, 0) is 43.6 Å². The van der Waals surface area contributed by atoms with Crippen LogP contribution < -0.4 is 15.4 Å². The first kappa shape index (κ1) is 22.9. The second-order valence-electron chi connectivity index (χ2n) is 6.29. The van der Waals surface area contributed by atoms with Gasteiger partial charge < -0.3 is 15.4 Å². The number of nitrogens with one attached hydrogen (secondary N) is 3. The third-order valence-corrected chi connectivity index (χ3v) is 6.05. The highest BCUT2D eigenvalue weighted by molar-refractivity contribution is 7.89. The summed E-state index contributed by atoms with van der Waals surface area (Å²) < 4.78 is 31.6. The predicted octanol–water partition coefficient (Wildman–Crippen LogP) is 1.04. The van der Waals surface area contributed by atoms with E-state index in [0.29, 0.717) is 19.7 Å². The van der Waals surface area contributed by atoms with Gasteiger partial charge in [-0.2, -0.15) is 0 Å². The maximum absolute atomic E-state index is 12.7. The van der Waals surface area contributed by atoms with Gasteiger partial charge in [0.1, 0.15) is 0 Å². The highest BCUT2D eigenvalue weighted by Crippen LogP contribution is 2.29. The number of sulfonamides is 1. The first-order chi connectivity index (χ1) is 11.9. The molecule has 0 saturated carbocycles. The van der Waals surface area contributed by atoms with Crippen LogP contribution in [-0.4, -0.2) is 47.7 Å². The molecular weight excluding hydrogens is 378 g/mol. The van der Waals surface area contributed by atoms with Gasteiger partial charge in [0.2, 0.25) is 15.9 Å². The average Bonchev–Trinajstić information content (AvgIpc) is 2.61. The molecule has 9 heteroatoms. The number of piperidine rings is 1. The number of carbonyl (C=O) groups is 1. The molecule has 1 aromatic rings. The number of hydrogen-bond donors (Lipinski definition) is 3. The van der Waals surface area contributed by atoms with Crippen LogP contribution in [0.15, 0.2) is 29.2 Å². The number of halogens is 1. The van der Waals surface area contributed by atoms with Gasteiger partial charge >= 0.3 is 0 Å². The maximum Gasteiger partial charge on any atom is 0.240 e. The minimum atomic E-state index is -3.45. The van der Waals surface area contributed by atoms with Gasteiger partial charge in [-0.15, -0.1) is 12.4 Å². The molecule has 1 fully saturated rings. The van der Waals surface area contributed by atoms with Crippen LogP contribution in [0.3, 0.4) is 0 Å². The van der Waals surface area contributed by atoms with E-state index in [1.807, 2.05) is 0 Å². The second kappa shape index (κ2) is 10.2. The van der Waals surface area contributed by atoms with Gasteiger partial charge in [0.25, 0.3) is 0 Å². The first-order valence-electron chi connectivity index (χ1n) is 8.50.